The molecule has 4 nitrogen and oxygen atoms in total. The molecule has 0 saturated heterocycles. The quantitative estimate of drug-likeness (QED) is 0.691. The third-order valence-electron chi connectivity index (χ3n) is 3.33. The third kappa shape index (κ3) is 4.01. The van der Waals surface area contributed by atoms with Crippen LogP contribution in [-0.4, -0.2) is 17.5 Å². The Kier molecular flexibility index (Phi) is 5.27. The molecule has 1 aromatic carbocycles. The highest BCUT2D eigenvalue weighted by Crippen LogP contribution is 2.31. The Hall–Kier alpha value is -2.18. The van der Waals surface area contributed by atoms with E-state index in [4.69, 9.17) is 4.74 Å². The molecule has 0 atom stereocenters. The number of benzene rings is 1. The Morgan fingerprint density at radius 2 is 2.04 bits per heavy atom. The maximum absolute atomic E-state index is 12.4. The summed E-state index contributed by atoms with van der Waals surface area (Å²) in [7, 11) is 0. The average molecular weight is 358 g/mol. The Morgan fingerprint density at radius 1 is 1.25 bits per heavy atom. The van der Waals surface area contributed by atoms with E-state index < -0.39 is 0 Å². The Balaban J connectivity index is 1.69. The summed E-state index contributed by atoms with van der Waals surface area (Å²) in [6.07, 6.45) is 0.325. The molecule has 0 unspecified atom stereocenters. The third-order valence-corrected chi connectivity index (χ3v) is 5.18. The summed E-state index contributed by atoms with van der Waals surface area (Å²) < 4.78 is 5.40. The molecule has 0 fully saturated rings. The lowest BCUT2D eigenvalue weighted by Gasteiger charge is -2.07. The molecule has 0 saturated carbocycles. The van der Waals surface area contributed by atoms with Gasteiger partial charge in [0.2, 0.25) is 5.91 Å². The maximum atomic E-state index is 12.4. The smallest absolute Gasteiger partial charge is 0.229 e. The van der Waals surface area contributed by atoms with Crippen molar-refractivity contribution in [2.75, 3.05) is 11.9 Å². The molecule has 0 radical (unpaired) electrons. The standard InChI is InChI=1S/C18H18N2O2S2/c1-3-22-14-8-6-13(7-9-14)20-17(21)11-16-18(19-12(2)24-16)15-5-4-10-23-15/h4-10H,3,11H2,1-2H3,(H,20,21). The number of thiophene rings is 1. The number of amides is 1. The first-order chi connectivity index (χ1) is 11.7. The van der Waals surface area contributed by atoms with E-state index >= 15 is 0 Å². The fourth-order valence-electron chi connectivity index (χ4n) is 2.35. The van der Waals surface area contributed by atoms with Gasteiger partial charge in [-0.2, -0.15) is 0 Å². The first kappa shape index (κ1) is 16.7. The Labute approximate surface area is 149 Å². The van der Waals surface area contributed by atoms with Gasteiger partial charge in [0.15, 0.2) is 0 Å². The summed E-state index contributed by atoms with van der Waals surface area (Å²) in [5.74, 6) is 0.758. The number of thiazole rings is 1. The molecular formula is C18H18N2O2S2. The predicted molar refractivity (Wildman–Crippen MR) is 100 cm³/mol. The predicted octanol–water partition coefficient (Wildman–Crippen LogP) is 4.76. The molecule has 2 heterocycles. The fourth-order valence-corrected chi connectivity index (χ4v) is 4.10. The molecule has 6 heteroatoms. The van der Waals surface area contributed by atoms with Crippen molar-refractivity contribution in [3.8, 4) is 16.3 Å². The summed E-state index contributed by atoms with van der Waals surface area (Å²) in [6, 6.07) is 11.4. The van der Waals surface area contributed by atoms with Gasteiger partial charge in [0.05, 0.1) is 28.6 Å². The van der Waals surface area contributed by atoms with Crippen molar-refractivity contribution in [1.82, 2.24) is 4.98 Å². The summed E-state index contributed by atoms with van der Waals surface area (Å²) in [4.78, 5) is 19.0. The first-order valence-corrected chi connectivity index (χ1v) is 9.38. The van der Waals surface area contributed by atoms with Gasteiger partial charge in [-0.15, -0.1) is 22.7 Å². The van der Waals surface area contributed by atoms with E-state index in [0.29, 0.717) is 13.0 Å². The van der Waals surface area contributed by atoms with Gasteiger partial charge in [-0.25, -0.2) is 4.98 Å². The summed E-state index contributed by atoms with van der Waals surface area (Å²) >= 11 is 3.21. The van der Waals surface area contributed by atoms with E-state index in [2.05, 4.69) is 10.3 Å². The number of carbonyl (C=O) groups is 1. The highest BCUT2D eigenvalue weighted by molar-refractivity contribution is 7.15. The zero-order chi connectivity index (χ0) is 16.9. The summed E-state index contributed by atoms with van der Waals surface area (Å²) in [6.45, 7) is 4.54. The van der Waals surface area contributed by atoms with Gasteiger partial charge in [0.25, 0.3) is 0 Å². The van der Waals surface area contributed by atoms with Crippen LogP contribution < -0.4 is 10.1 Å². The number of rotatable bonds is 6. The van der Waals surface area contributed by atoms with Crippen LogP contribution in [0.3, 0.4) is 0 Å². The number of ether oxygens (including phenoxy) is 1. The zero-order valence-corrected chi connectivity index (χ0v) is 15.2. The number of hydrogen-bond donors (Lipinski definition) is 1. The van der Waals surface area contributed by atoms with Crippen LogP contribution in [0.1, 0.15) is 16.8 Å². The second-order valence-electron chi connectivity index (χ2n) is 5.16. The van der Waals surface area contributed by atoms with E-state index in [1.54, 1.807) is 22.7 Å². The van der Waals surface area contributed by atoms with Crippen LogP contribution in [0, 0.1) is 6.92 Å². The fraction of sp³-hybridized carbons (Fsp3) is 0.222. The normalized spacial score (nSPS) is 10.6. The van der Waals surface area contributed by atoms with E-state index in [9.17, 15) is 4.79 Å². The van der Waals surface area contributed by atoms with E-state index in [1.807, 2.05) is 55.6 Å². The molecule has 3 aromatic rings. The van der Waals surface area contributed by atoms with Crippen LogP contribution >= 0.6 is 22.7 Å². The number of nitrogens with zero attached hydrogens (tertiary/aromatic N) is 1. The molecule has 124 valence electrons. The molecule has 3 rings (SSSR count). The SMILES string of the molecule is CCOc1ccc(NC(=O)Cc2sc(C)nc2-c2cccs2)cc1. The lowest BCUT2D eigenvalue weighted by Crippen LogP contribution is -2.14. The van der Waals surface area contributed by atoms with Crippen molar-refractivity contribution in [1.29, 1.82) is 0 Å². The number of aromatic nitrogens is 1. The number of aryl methyl sites for hydroxylation is 1. The maximum Gasteiger partial charge on any atom is 0.229 e. The molecule has 0 aliphatic carbocycles. The first-order valence-electron chi connectivity index (χ1n) is 7.68. The van der Waals surface area contributed by atoms with Gasteiger partial charge < -0.3 is 10.1 Å². The van der Waals surface area contributed by atoms with Gasteiger partial charge in [-0.05, 0) is 49.6 Å². The molecule has 1 amide bonds. The molecule has 24 heavy (non-hydrogen) atoms. The van der Waals surface area contributed by atoms with Crippen LogP contribution in [0.4, 0.5) is 5.69 Å². The molecule has 1 N–H and O–H groups in total. The average Bonchev–Trinajstić information content (AvgIpc) is 3.19. The summed E-state index contributed by atoms with van der Waals surface area (Å²) in [5, 5.41) is 5.93. The molecular weight excluding hydrogens is 340 g/mol. The number of carbonyl (C=O) groups excluding carboxylic acids is 1. The van der Waals surface area contributed by atoms with Crippen molar-refractivity contribution in [3.63, 3.8) is 0 Å². The number of nitrogens with one attached hydrogen (secondary N) is 1. The van der Waals surface area contributed by atoms with Crippen LogP contribution in [0.5, 0.6) is 5.75 Å². The Bertz CT molecular complexity index is 808. The van der Waals surface area contributed by atoms with Crippen molar-refractivity contribution in [3.05, 3.63) is 51.7 Å². The van der Waals surface area contributed by atoms with Crippen LogP contribution in [0.15, 0.2) is 41.8 Å². The lowest BCUT2D eigenvalue weighted by atomic mass is 10.2. The van der Waals surface area contributed by atoms with Gasteiger partial charge in [-0.1, -0.05) is 6.07 Å². The van der Waals surface area contributed by atoms with E-state index in [1.165, 1.54) is 0 Å². The van der Waals surface area contributed by atoms with Crippen LogP contribution in [0.25, 0.3) is 10.6 Å². The second kappa shape index (κ2) is 7.59. The zero-order valence-electron chi connectivity index (χ0n) is 13.5. The molecule has 2 aromatic heterocycles. The van der Waals surface area contributed by atoms with E-state index in [-0.39, 0.29) is 5.91 Å². The van der Waals surface area contributed by atoms with Crippen molar-refractivity contribution < 1.29 is 9.53 Å². The lowest BCUT2D eigenvalue weighted by molar-refractivity contribution is -0.115. The molecule has 0 spiro atoms. The van der Waals surface area contributed by atoms with Gasteiger partial charge in [0, 0.05) is 10.6 Å². The van der Waals surface area contributed by atoms with Gasteiger partial charge in [0.1, 0.15) is 5.75 Å². The minimum absolute atomic E-state index is 0.0411. The minimum Gasteiger partial charge on any atom is -0.494 e. The molecule has 0 aliphatic rings. The highest BCUT2D eigenvalue weighted by atomic mass is 32.1. The van der Waals surface area contributed by atoms with Crippen molar-refractivity contribution in [2.45, 2.75) is 20.3 Å². The topological polar surface area (TPSA) is 51.2 Å². The van der Waals surface area contributed by atoms with Crippen molar-refractivity contribution >= 4 is 34.3 Å². The molecule has 0 bridgehead atoms. The van der Waals surface area contributed by atoms with Crippen molar-refractivity contribution in [2.24, 2.45) is 0 Å². The van der Waals surface area contributed by atoms with Gasteiger partial charge >= 0.3 is 0 Å². The Morgan fingerprint density at radius 3 is 2.71 bits per heavy atom. The van der Waals surface area contributed by atoms with Crippen LogP contribution in [0.2, 0.25) is 0 Å². The van der Waals surface area contributed by atoms with Crippen LogP contribution in [-0.2, 0) is 11.2 Å². The number of hydrogen-bond acceptors (Lipinski definition) is 5. The van der Waals surface area contributed by atoms with Gasteiger partial charge in [-0.3, -0.25) is 4.79 Å². The largest absolute Gasteiger partial charge is 0.494 e. The highest BCUT2D eigenvalue weighted by Gasteiger charge is 2.15. The summed E-state index contributed by atoms with van der Waals surface area (Å²) in [5.41, 5.74) is 1.69. The second-order valence-corrected chi connectivity index (χ2v) is 7.40. The minimum atomic E-state index is -0.0411. The molecule has 0 aliphatic heterocycles. The monoisotopic (exact) mass is 358 g/mol. The van der Waals surface area contributed by atoms with E-state index in [0.717, 1.165) is 31.9 Å². The number of anilines is 1.